The predicted molar refractivity (Wildman–Crippen MR) is 76.1 cm³/mol. The molecule has 0 spiro atoms. The van der Waals surface area contributed by atoms with Crippen LogP contribution < -0.4 is 14.8 Å². The van der Waals surface area contributed by atoms with Crippen molar-refractivity contribution < 1.29 is 9.47 Å². The molecule has 0 radical (unpaired) electrons. The van der Waals surface area contributed by atoms with Gasteiger partial charge < -0.3 is 14.8 Å². The van der Waals surface area contributed by atoms with E-state index in [-0.39, 0.29) is 6.04 Å². The molecule has 0 amide bonds. The summed E-state index contributed by atoms with van der Waals surface area (Å²) in [5, 5.41) is 3.29. The van der Waals surface area contributed by atoms with Crippen LogP contribution in [0.15, 0.2) is 36.5 Å². The van der Waals surface area contributed by atoms with E-state index in [0.717, 1.165) is 17.7 Å². The summed E-state index contributed by atoms with van der Waals surface area (Å²) in [6.45, 7) is 3.31. The molecule has 1 aliphatic heterocycles. The topological polar surface area (TPSA) is 56.3 Å². The Kier molecular flexibility index (Phi) is 3.67. The lowest BCUT2D eigenvalue weighted by molar-refractivity contribution is 0.304. The van der Waals surface area contributed by atoms with Crippen LogP contribution in [-0.2, 0) is 0 Å². The number of anilines is 1. The van der Waals surface area contributed by atoms with Crippen LogP contribution >= 0.6 is 0 Å². The second-order valence-electron chi connectivity index (χ2n) is 4.61. The average Bonchev–Trinajstić information content (AvgIpc) is 2.89. The summed E-state index contributed by atoms with van der Waals surface area (Å²) < 4.78 is 11.1. The van der Waals surface area contributed by atoms with E-state index in [2.05, 4.69) is 28.3 Å². The van der Waals surface area contributed by atoms with Gasteiger partial charge in [0, 0.05) is 17.8 Å². The van der Waals surface area contributed by atoms with Crippen LogP contribution in [0.5, 0.6) is 11.6 Å². The molecule has 3 rings (SSSR count). The van der Waals surface area contributed by atoms with Crippen LogP contribution in [0.4, 0.5) is 5.95 Å². The molecular formula is C15H17N3O2. The minimum absolute atomic E-state index is 0.0765. The van der Waals surface area contributed by atoms with E-state index in [0.29, 0.717) is 25.0 Å². The molecule has 0 saturated carbocycles. The first kappa shape index (κ1) is 12.7. The molecule has 5 heteroatoms. The molecule has 0 bridgehead atoms. The fraction of sp³-hybridized carbons (Fsp3) is 0.333. The van der Waals surface area contributed by atoms with Gasteiger partial charge in [-0.15, -0.1) is 0 Å². The highest BCUT2D eigenvalue weighted by atomic mass is 16.5. The molecule has 1 aromatic heterocycles. The molecule has 2 aromatic rings. The van der Waals surface area contributed by atoms with Crippen molar-refractivity contribution in [3.8, 4) is 11.6 Å². The molecule has 1 aliphatic rings. The summed E-state index contributed by atoms with van der Waals surface area (Å²) >= 11 is 0. The van der Waals surface area contributed by atoms with Gasteiger partial charge in [-0.05, 0) is 12.5 Å². The molecular weight excluding hydrogens is 254 g/mol. The van der Waals surface area contributed by atoms with Gasteiger partial charge in [0.25, 0.3) is 0 Å². The van der Waals surface area contributed by atoms with E-state index >= 15 is 0 Å². The maximum absolute atomic E-state index is 5.63. The van der Waals surface area contributed by atoms with Crippen LogP contribution in [0.2, 0.25) is 0 Å². The minimum atomic E-state index is 0.0765. The molecule has 1 aromatic carbocycles. The van der Waals surface area contributed by atoms with Crippen molar-refractivity contribution in [1.29, 1.82) is 0 Å². The zero-order valence-corrected chi connectivity index (χ0v) is 11.4. The standard InChI is InChI=1S/C15H17N3O2/c1-2-9-19-14-7-8-16-15(18-14)17-12-10-20-13-6-4-3-5-11(12)13/h3-8,12H,2,9-10H2,1H3,(H,16,17,18). The van der Waals surface area contributed by atoms with E-state index in [1.165, 1.54) is 0 Å². The van der Waals surface area contributed by atoms with Crippen LogP contribution in [0, 0.1) is 0 Å². The van der Waals surface area contributed by atoms with Gasteiger partial charge in [0.05, 0.1) is 12.6 Å². The summed E-state index contributed by atoms with van der Waals surface area (Å²) in [5.41, 5.74) is 1.14. The summed E-state index contributed by atoms with van der Waals surface area (Å²) in [6.07, 6.45) is 2.65. The van der Waals surface area contributed by atoms with E-state index in [1.807, 2.05) is 18.2 Å². The number of benzene rings is 1. The number of ether oxygens (including phenoxy) is 2. The summed E-state index contributed by atoms with van der Waals surface area (Å²) in [5.74, 6) is 2.07. The fourth-order valence-electron chi connectivity index (χ4n) is 2.14. The van der Waals surface area contributed by atoms with Gasteiger partial charge in [-0.1, -0.05) is 25.1 Å². The molecule has 104 valence electrons. The molecule has 1 N–H and O–H groups in total. The number of rotatable bonds is 5. The van der Waals surface area contributed by atoms with E-state index in [9.17, 15) is 0 Å². The van der Waals surface area contributed by atoms with Gasteiger partial charge in [-0.25, -0.2) is 4.98 Å². The molecule has 1 unspecified atom stereocenters. The number of hydrogen-bond acceptors (Lipinski definition) is 5. The molecule has 0 aliphatic carbocycles. The quantitative estimate of drug-likeness (QED) is 0.906. The van der Waals surface area contributed by atoms with Crippen molar-refractivity contribution in [1.82, 2.24) is 9.97 Å². The van der Waals surface area contributed by atoms with Crippen molar-refractivity contribution in [2.45, 2.75) is 19.4 Å². The third-order valence-electron chi connectivity index (χ3n) is 3.09. The Hall–Kier alpha value is -2.30. The first-order valence-electron chi connectivity index (χ1n) is 6.81. The minimum Gasteiger partial charge on any atom is -0.491 e. The smallest absolute Gasteiger partial charge is 0.226 e. The van der Waals surface area contributed by atoms with Crippen molar-refractivity contribution in [2.75, 3.05) is 18.5 Å². The van der Waals surface area contributed by atoms with E-state index in [1.54, 1.807) is 12.3 Å². The molecule has 5 nitrogen and oxygen atoms in total. The number of para-hydroxylation sites is 1. The monoisotopic (exact) mass is 271 g/mol. The lowest BCUT2D eigenvalue weighted by Gasteiger charge is -2.12. The number of nitrogens with zero attached hydrogens (tertiary/aromatic N) is 2. The number of fused-ring (bicyclic) bond motifs is 1. The molecule has 1 atom stereocenters. The predicted octanol–water partition coefficient (Wildman–Crippen LogP) is 2.81. The Bertz CT molecular complexity index is 589. The van der Waals surface area contributed by atoms with Crippen LogP contribution in [0.1, 0.15) is 24.9 Å². The molecule has 20 heavy (non-hydrogen) atoms. The fourth-order valence-corrected chi connectivity index (χ4v) is 2.14. The van der Waals surface area contributed by atoms with Crippen LogP contribution in [-0.4, -0.2) is 23.2 Å². The summed E-state index contributed by atoms with van der Waals surface area (Å²) in [7, 11) is 0. The van der Waals surface area contributed by atoms with Gasteiger partial charge in [-0.3, -0.25) is 0 Å². The maximum Gasteiger partial charge on any atom is 0.226 e. The Morgan fingerprint density at radius 1 is 1.35 bits per heavy atom. The van der Waals surface area contributed by atoms with Crippen LogP contribution in [0.25, 0.3) is 0 Å². The number of hydrogen-bond donors (Lipinski definition) is 1. The highest BCUT2D eigenvalue weighted by Crippen LogP contribution is 2.33. The Morgan fingerprint density at radius 2 is 2.25 bits per heavy atom. The van der Waals surface area contributed by atoms with Gasteiger partial charge in [0.1, 0.15) is 12.4 Å². The maximum atomic E-state index is 5.63. The summed E-state index contributed by atoms with van der Waals surface area (Å²) in [4.78, 5) is 8.57. The van der Waals surface area contributed by atoms with Gasteiger partial charge in [0.15, 0.2) is 0 Å². The zero-order valence-electron chi connectivity index (χ0n) is 11.4. The van der Waals surface area contributed by atoms with E-state index in [4.69, 9.17) is 9.47 Å². The summed E-state index contributed by atoms with van der Waals surface area (Å²) in [6, 6.07) is 9.84. The Balaban J connectivity index is 1.72. The normalized spacial score (nSPS) is 16.4. The lowest BCUT2D eigenvalue weighted by Crippen LogP contribution is -2.14. The molecule has 2 heterocycles. The second-order valence-corrected chi connectivity index (χ2v) is 4.61. The Morgan fingerprint density at radius 3 is 3.15 bits per heavy atom. The highest BCUT2D eigenvalue weighted by Gasteiger charge is 2.24. The van der Waals surface area contributed by atoms with Crippen molar-refractivity contribution >= 4 is 5.95 Å². The van der Waals surface area contributed by atoms with Crippen LogP contribution in [0.3, 0.4) is 0 Å². The first-order chi connectivity index (χ1) is 9.86. The van der Waals surface area contributed by atoms with Crippen molar-refractivity contribution in [3.63, 3.8) is 0 Å². The largest absolute Gasteiger partial charge is 0.491 e. The second kappa shape index (κ2) is 5.77. The highest BCUT2D eigenvalue weighted by molar-refractivity contribution is 5.44. The van der Waals surface area contributed by atoms with E-state index < -0.39 is 0 Å². The van der Waals surface area contributed by atoms with Gasteiger partial charge >= 0.3 is 0 Å². The Labute approximate surface area is 118 Å². The average molecular weight is 271 g/mol. The zero-order chi connectivity index (χ0) is 13.8. The van der Waals surface area contributed by atoms with Crippen molar-refractivity contribution in [3.05, 3.63) is 42.1 Å². The van der Waals surface area contributed by atoms with Gasteiger partial charge in [-0.2, -0.15) is 4.98 Å². The number of nitrogens with one attached hydrogen (secondary N) is 1. The first-order valence-corrected chi connectivity index (χ1v) is 6.81. The van der Waals surface area contributed by atoms with Gasteiger partial charge in [0.2, 0.25) is 11.8 Å². The third kappa shape index (κ3) is 2.66. The third-order valence-corrected chi connectivity index (χ3v) is 3.09. The lowest BCUT2D eigenvalue weighted by atomic mass is 10.1. The molecule has 0 saturated heterocycles. The SMILES string of the molecule is CCCOc1ccnc(NC2COc3ccccc32)n1. The number of aromatic nitrogens is 2. The van der Waals surface area contributed by atoms with Crippen molar-refractivity contribution in [2.24, 2.45) is 0 Å². The molecule has 0 fully saturated rings.